The van der Waals surface area contributed by atoms with Crippen LogP contribution in [0.15, 0.2) is 24.3 Å². The molecule has 0 saturated heterocycles. The van der Waals surface area contributed by atoms with Gasteiger partial charge in [0.2, 0.25) is 0 Å². The standard InChI is InChI=1S/C18H28N2O2/c1-3-20(17-6-4-5-14(2)13-17)12-11-19-16-9-7-15(8-10-16)18(21)22/h4-6,13,15-16,19H,3,7-12H2,1-2H3,(H,21,22). The third-order valence-electron chi connectivity index (χ3n) is 4.64. The number of carboxylic acid groups (broad SMARTS) is 1. The Labute approximate surface area is 133 Å². The molecule has 0 bridgehead atoms. The molecule has 1 aliphatic carbocycles. The van der Waals surface area contributed by atoms with Gasteiger partial charge in [-0.2, -0.15) is 0 Å². The summed E-state index contributed by atoms with van der Waals surface area (Å²) in [4.78, 5) is 13.3. The minimum Gasteiger partial charge on any atom is -0.481 e. The predicted molar refractivity (Wildman–Crippen MR) is 90.5 cm³/mol. The zero-order valence-electron chi connectivity index (χ0n) is 13.7. The number of nitrogens with one attached hydrogen (secondary N) is 1. The van der Waals surface area contributed by atoms with E-state index in [1.165, 1.54) is 11.3 Å². The molecule has 1 aromatic carbocycles. The molecule has 122 valence electrons. The minimum absolute atomic E-state index is 0.127. The van der Waals surface area contributed by atoms with E-state index in [1.54, 1.807) is 0 Å². The fraction of sp³-hybridized carbons (Fsp3) is 0.611. The molecule has 0 aliphatic heterocycles. The number of nitrogens with zero attached hydrogens (tertiary/aromatic N) is 1. The smallest absolute Gasteiger partial charge is 0.306 e. The molecule has 2 N–H and O–H groups in total. The van der Waals surface area contributed by atoms with Gasteiger partial charge in [-0.3, -0.25) is 4.79 Å². The van der Waals surface area contributed by atoms with Gasteiger partial charge in [0.05, 0.1) is 5.92 Å². The molecule has 0 unspecified atom stereocenters. The molecule has 0 amide bonds. The Morgan fingerprint density at radius 3 is 2.64 bits per heavy atom. The average Bonchev–Trinajstić information content (AvgIpc) is 2.52. The van der Waals surface area contributed by atoms with E-state index < -0.39 is 5.97 Å². The predicted octanol–water partition coefficient (Wildman–Crippen LogP) is 3.05. The number of rotatable bonds is 7. The number of anilines is 1. The first-order valence-electron chi connectivity index (χ1n) is 8.38. The number of hydrogen-bond donors (Lipinski definition) is 2. The number of benzene rings is 1. The van der Waals surface area contributed by atoms with E-state index in [0.717, 1.165) is 45.3 Å². The molecule has 1 fully saturated rings. The van der Waals surface area contributed by atoms with E-state index in [1.807, 2.05) is 0 Å². The van der Waals surface area contributed by atoms with Crippen molar-refractivity contribution in [2.45, 2.75) is 45.6 Å². The van der Waals surface area contributed by atoms with E-state index in [9.17, 15) is 4.79 Å². The number of hydrogen-bond acceptors (Lipinski definition) is 3. The van der Waals surface area contributed by atoms with Crippen molar-refractivity contribution in [3.05, 3.63) is 29.8 Å². The fourth-order valence-corrected chi connectivity index (χ4v) is 3.24. The maximum atomic E-state index is 11.0. The van der Waals surface area contributed by atoms with Gasteiger partial charge >= 0.3 is 5.97 Å². The summed E-state index contributed by atoms with van der Waals surface area (Å²) >= 11 is 0. The van der Waals surface area contributed by atoms with Crippen molar-refractivity contribution in [2.75, 3.05) is 24.5 Å². The van der Waals surface area contributed by atoms with E-state index in [2.05, 4.69) is 48.3 Å². The number of aryl methyl sites for hydroxylation is 1. The molecule has 4 heteroatoms. The molecular formula is C18H28N2O2. The summed E-state index contributed by atoms with van der Waals surface area (Å²) in [5.41, 5.74) is 2.56. The summed E-state index contributed by atoms with van der Waals surface area (Å²) in [5, 5.41) is 12.6. The lowest BCUT2D eigenvalue weighted by atomic mass is 9.86. The van der Waals surface area contributed by atoms with Crippen molar-refractivity contribution in [2.24, 2.45) is 5.92 Å². The van der Waals surface area contributed by atoms with Gasteiger partial charge in [-0.25, -0.2) is 0 Å². The maximum absolute atomic E-state index is 11.0. The minimum atomic E-state index is -0.630. The van der Waals surface area contributed by atoms with E-state index in [0.29, 0.717) is 6.04 Å². The first-order chi connectivity index (χ1) is 10.6. The zero-order valence-corrected chi connectivity index (χ0v) is 13.7. The van der Waals surface area contributed by atoms with Crippen molar-refractivity contribution in [3.63, 3.8) is 0 Å². The summed E-state index contributed by atoms with van der Waals surface area (Å²) in [6, 6.07) is 9.09. The highest BCUT2D eigenvalue weighted by molar-refractivity contribution is 5.70. The van der Waals surface area contributed by atoms with Gasteiger partial charge in [0.25, 0.3) is 0 Å². The van der Waals surface area contributed by atoms with Gasteiger partial charge in [0, 0.05) is 31.4 Å². The number of carboxylic acids is 1. The number of likely N-dealkylation sites (N-methyl/N-ethyl adjacent to an activating group) is 1. The lowest BCUT2D eigenvalue weighted by molar-refractivity contribution is -0.142. The summed E-state index contributed by atoms with van der Waals surface area (Å²) in [6.07, 6.45) is 3.58. The van der Waals surface area contributed by atoms with Crippen molar-refractivity contribution in [3.8, 4) is 0 Å². The van der Waals surface area contributed by atoms with Crippen LogP contribution in [0.5, 0.6) is 0 Å². The average molecular weight is 304 g/mol. The molecule has 0 atom stereocenters. The quantitative estimate of drug-likeness (QED) is 0.813. The third kappa shape index (κ3) is 4.73. The van der Waals surface area contributed by atoms with Crippen molar-refractivity contribution in [1.82, 2.24) is 5.32 Å². The maximum Gasteiger partial charge on any atom is 0.306 e. The van der Waals surface area contributed by atoms with Crippen LogP contribution in [0.2, 0.25) is 0 Å². The van der Waals surface area contributed by atoms with Gasteiger partial charge in [-0.05, 0) is 57.2 Å². The van der Waals surface area contributed by atoms with Crippen LogP contribution in [0.25, 0.3) is 0 Å². The highest BCUT2D eigenvalue weighted by atomic mass is 16.4. The molecule has 0 radical (unpaired) electrons. The van der Waals surface area contributed by atoms with Crippen LogP contribution in [-0.4, -0.2) is 36.8 Å². The third-order valence-corrected chi connectivity index (χ3v) is 4.64. The largest absolute Gasteiger partial charge is 0.481 e. The Hall–Kier alpha value is -1.55. The summed E-state index contributed by atoms with van der Waals surface area (Å²) in [5.74, 6) is -0.757. The van der Waals surface area contributed by atoms with Crippen LogP contribution in [0.1, 0.15) is 38.2 Å². The summed E-state index contributed by atoms with van der Waals surface area (Å²) in [7, 11) is 0. The number of aliphatic carboxylic acids is 1. The molecule has 1 aromatic rings. The topological polar surface area (TPSA) is 52.6 Å². The molecule has 1 aliphatic rings. The molecule has 22 heavy (non-hydrogen) atoms. The molecule has 1 saturated carbocycles. The zero-order chi connectivity index (χ0) is 15.9. The van der Waals surface area contributed by atoms with Gasteiger partial charge in [0.15, 0.2) is 0 Å². The van der Waals surface area contributed by atoms with Crippen molar-refractivity contribution in [1.29, 1.82) is 0 Å². The molecule has 2 rings (SSSR count). The Bertz CT molecular complexity index is 482. The second-order valence-corrected chi connectivity index (χ2v) is 6.26. The molecule has 0 aromatic heterocycles. The van der Waals surface area contributed by atoms with Crippen LogP contribution in [0.3, 0.4) is 0 Å². The monoisotopic (exact) mass is 304 g/mol. The lowest BCUT2D eigenvalue weighted by Gasteiger charge is -2.29. The Balaban J connectivity index is 1.74. The second-order valence-electron chi connectivity index (χ2n) is 6.26. The number of carbonyl (C=O) groups is 1. The second kappa shape index (κ2) is 8.18. The van der Waals surface area contributed by atoms with Gasteiger partial charge in [-0.15, -0.1) is 0 Å². The summed E-state index contributed by atoms with van der Waals surface area (Å²) < 4.78 is 0. The van der Waals surface area contributed by atoms with Gasteiger partial charge < -0.3 is 15.3 Å². The van der Waals surface area contributed by atoms with Crippen LogP contribution in [0.4, 0.5) is 5.69 Å². The van der Waals surface area contributed by atoms with E-state index in [-0.39, 0.29) is 5.92 Å². The van der Waals surface area contributed by atoms with E-state index in [4.69, 9.17) is 5.11 Å². The van der Waals surface area contributed by atoms with E-state index >= 15 is 0 Å². The first-order valence-corrected chi connectivity index (χ1v) is 8.38. The fourth-order valence-electron chi connectivity index (χ4n) is 3.24. The van der Waals surface area contributed by atoms with Crippen molar-refractivity contribution >= 4 is 11.7 Å². The van der Waals surface area contributed by atoms with Gasteiger partial charge in [0.1, 0.15) is 0 Å². The molecular weight excluding hydrogens is 276 g/mol. The Morgan fingerprint density at radius 2 is 2.05 bits per heavy atom. The van der Waals surface area contributed by atoms with Crippen LogP contribution >= 0.6 is 0 Å². The van der Waals surface area contributed by atoms with Crippen LogP contribution in [0, 0.1) is 12.8 Å². The van der Waals surface area contributed by atoms with Crippen LogP contribution < -0.4 is 10.2 Å². The Kier molecular flexibility index (Phi) is 6.25. The molecule has 0 heterocycles. The normalized spacial score (nSPS) is 21.5. The molecule has 0 spiro atoms. The van der Waals surface area contributed by atoms with Crippen molar-refractivity contribution < 1.29 is 9.90 Å². The summed E-state index contributed by atoms with van der Waals surface area (Å²) in [6.45, 7) is 7.23. The SMILES string of the molecule is CCN(CCNC1CCC(C(=O)O)CC1)c1cccc(C)c1. The molecule has 4 nitrogen and oxygen atoms in total. The highest BCUT2D eigenvalue weighted by Gasteiger charge is 2.25. The first kappa shape index (κ1) is 16.8. The Morgan fingerprint density at radius 1 is 1.32 bits per heavy atom. The van der Waals surface area contributed by atoms with Gasteiger partial charge in [-0.1, -0.05) is 12.1 Å². The van der Waals surface area contributed by atoms with Crippen LogP contribution in [-0.2, 0) is 4.79 Å². The highest BCUT2D eigenvalue weighted by Crippen LogP contribution is 2.24. The lowest BCUT2D eigenvalue weighted by Crippen LogP contribution is -2.39.